The summed E-state index contributed by atoms with van der Waals surface area (Å²) in [6, 6.07) is 6.46. The summed E-state index contributed by atoms with van der Waals surface area (Å²) in [7, 11) is 0. The summed E-state index contributed by atoms with van der Waals surface area (Å²) < 4.78 is 23.4. The van der Waals surface area contributed by atoms with Gasteiger partial charge in [-0.2, -0.15) is 10.2 Å². The van der Waals surface area contributed by atoms with Gasteiger partial charge in [-0.25, -0.2) is 9.07 Å². The minimum absolute atomic E-state index is 0.178. The Morgan fingerprint density at radius 1 is 1.41 bits per heavy atom. The number of carbonyl (C=O) groups is 1. The number of aromatic nitrogens is 4. The predicted molar refractivity (Wildman–Crippen MR) is 102 cm³/mol. The van der Waals surface area contributed by atoms with Crippen LogP contribution in [0.5, 0.6) is 0 Å². The Hall–Kier alpha value is -3.24. The van der Waals surface area contributed by atoms with E-state index in [2.05, 4.69) is 15.5 Å². The largest absolute Gasteiger partial charge is 0.354 e. The molecule has 3 aromatic rings. The Morgan fingerprint density at radius 3 is 3.00 bits per heavy atom. The third-order valence-electron chi connectivity index (χ3n) is 4.61. The maximum Gasteiger partial charge on any atom is 0.238 e. The second-order valence-corrected chi connectivity index (χ2v) is 6.81. The van der Waals surface area contributed by atoms with Gasteiger partial charge in [-0.15, -0.1) is 0 Å². The van der Waals surface area contributed by atoms with Crippen LogP contribution in [0.2, 0.25) is 0 Å². The lowest BCUT2D eigenvalue weighted by molar-refractivity contribution is -0.121. The fraction of sp³-hybridized carbons (Fsp3) is 0.316. The first kappa shape index (κ1) is 19.1. The Labute approximate surface area is 166 Å². The van der Waals surface area contributed by atoms with Crippen LogP contribution in [0.4, 0.5) is 10.1 Å². The van der Waals surface area contributed by atoms with Gasteiger partial charge in [0.05, 0.1) is 25.4 Å². The van der Waals surface area contributed by atoms with Crippen LogP contribution in [0.1, 0.15) is 12.5 Å². The quantitative estimate of drug-likeness (QED) is 0.637. The van der Waals surface area contributed by atoms with Crippen molar-refractivity contribution >= 4 is 11.6 Å². The molecule has 152 valence electrons. The summed E-state index contributed by atoms with van der Waals surface area (Å²) in [5, 5.41) is 21.1. The van der Waals surface area contributed by atoms with Crippen LogP contribution >= 0.6 is 0 Å². The third-order valence-corrected chi connectivity index (χ3v) is 4.61. The molecule has 1 amide bonds. The molecule has 0 saturated carbocycles. The van der Waals surface area contributed by atoms with Gasteiger partial charge in [-0.3, -0.25) is 9.48 Å². The number of carbonyl (C=O) groups excluding carboxylic acids is 1. The van der Waals surface area contributed by atoms with Crippen molar-refractivity contribution in [2.45, 2.75) is 26.0 Å². The van der Waals surface area contributed by atoms with Gasteiger partial charge in [0, 0.05) is 43.3 Å². The average Bonchev–Trinajstić information content (AvgIpc) is 3.42. The molecule has 1 aliphatic heterocycles. The fourth-order valence-corrected chi connectivity index (χ4v) is 3.22. The third kappa shape index (κ3) is 4.28. The number of benzene rings is 1. The zero-order chi connectivity index (χ0) is 20.4. The average molecular weight is 400 g/mol. The molecule has 0 spiro atoms. The summed E-state index contributed by atoms with van der Waals surface area (Å²) in [5.74, 6) is -0.656. The van der Waals surface area contributed by atoms with Crippen LogP contribution in [-0.4, -0.2) is 56.2 Å². The van der Waals surface area contributed by atoms with Gasteiger partial charge in [-0.05, 0) is 24.3 Å². The molecule has 1 unspecified atom stereocenters. The molecule has 4 rings (SSSR count). The van der Waals surface area contributed by atoms with E-state index in [1.54, 1.807) is 35.4 Å². The molecule has 1 aromatic carbocycles. The molecule has 10 heteroatoms. The number of halogens is 1. The lowest BCUT2D eigenvalue weighted by Crippen LogP contribution is -2.33. The number of anilines is 1. The van der Waals surface area contributed by atoms with E-state index in [1.807, 2.05) is 12.3 Å². The highest BCUT2D eigenvalue weighted by Gasteiger charge is 2.32. The zero-order valence-corrected chi connectivity index (χ0v) is 15.8. The van der Waals surface area contributed by atoms with E-state index >= 15 is 0 Å². The van der Waals surface area contributed by atoms with Crippen LogP contribution in [0, 0.1) is 5.82 Å². The molecule has 0 bridgehead atoms. The number of hydrogen-bond acceptors (Lipinski definition) is 6. The van der Waals surface area contributed by atoms with Gasteiger partial charge in [0.15, 0.2) is 5.82 Å². The fourth-order valence-electron chi connectivity index (χ4n) is 3.22. The molecule has 2 aromatic heterocycles. The normalized spacial score (nSPS) is 18.9. The zero-order valence-electron chi connectivity index (χ0n) is 15.8. The topological polar surface area (TPSA) is 97.4 Å². The maximum atomic E-state index is 14.8. The van der Waals surface area contributed by atoms with E-state index in [9.17, 15) is 14.3 Å². The number of ether oxygens (including phenoxy) is 1. The summed E-state index contributed by atoms with van der Waals surface area (Å²) in [6.07, 6.45) is 5.36. The number of amides is 1. The molecular formula is C19H21FN6O3. The van der Waals surface area contributed by atoms with Gasteiger partial charge >= 0.3 is 0 Å². The lowest BCUT2D eigenvalue weighted by atomic mass is 10.2. The summed E-state index contributed by atoms with van der Waals surface area (Å²) in [5.41, 5.74) is 1.67. The van der Waals surface area contributed by atoms with Crippen LogP contribution < -0.4 is 10.2 Å². The van der Waals surface area contributed by atoms with E-state index in [0.29, 0.717) is 24.5 Å². The molecule has 0 radical (unpaired) electrons. The van der Waals surface area contributed by atoms with Crippen molar-refractivity contribution in [3.05, 3.63) is 60.4 Å². The van der Waals surface area contributed by atoms with E-state index in [-0.39, 0.29) is 18.6 Å². The van der Waals surface area contributed by atoms with Crippen molar-refractivity contribution in [2.75, 3.05) is 18.0 Å². The predicted octanol–water partition coefficient (Wildman–Crippen LogP) is 0.873. The molecule has 3 heterocycles. The molecule has 1 saturated heterocycles. The first-order valence-electron chi connectivity index (χ1n) is 9.15. The SMILES string of the molecule is CC(=O)NC[C@H]1CN(c2ccc(-n3cc(Cn4cccn4)cn3)c(F)c2)C(O)O1. The number of nitrogens with zero attached hydrogens (tertiary/aromatic N) is 5. The summed E-state index contributed by atoms with van der Waals surface area (Å²) in [6.45, 7) is 2.55. The number of hydrogen-bond donors (Lipinski definition) is 2. The molecule has 2 N–H and O–H groups in total. The highest BCUT2D eigenvalue weighted by molar-refractivity contribution is 5.72. The molecular weight excluding hydrogens is 379 g/mol. The smallest absolute Gasteiger partial charge is 0.238 e. The monoisotopic (exact) mass is 400 g/mol. The second kappa shape index (κ2) is 8.02. The molecule has 29 heavy (non-hydrogen) atoms. The van der Waals surface area contributed by atoms with Gasteiger partial charge in [0.25, 0.3) is 0 Å². The minimum Gasteiger partial charge on any atom is -0.354 e. The van der Waals surface area contributed by atoms with Crippen LogP contribution in [0.25, 0.3) is 5.69 Å². The Bertz CT molecular complexity index is 990. The van der Waals surface area contributed by atoms with E-state index in [0.717, 1.165) is 5.56 Å². The van der Waals surface area contributed by atoms with Gasteiger partial charge in [-0.1, -0.05) is 0 Å². The van der Waals surface area contributed by atoms with Crippen molar-refractivity contribution < 1.29 is 19.0 Å². The number of nitrogens with one attached hydrogen (secondary N) is 1. The van der Waals surface area contributed by atoms with E-state index in [4.69, 9.17) is 4.74 Å². The Kier molecular flexibility index (Phi) is 5.28. The number of rotatable bonds is 6. The van der Waals surface area contributed by atoms with Crippen molar-refractivity contribution in [3.63, 3.8) is 0 Å². The van der Waals surface area contributed by atoms with Gasteiger partial charge < -0.3 is 20.1 Å². The Balaban J connectivity index is 1.47. The molecule has 1 fully saturated rings. The standard InChI is InChI=1S/C19H21FN6O3/c1-13(27)21-9-16-12-25(19(28)29-16)15-3-4-18(17(20)7-15)26-11-14(8-23-26)10-24-6-2-5-22-24/h2-8,11,16,19,28H,9-10,12H2,1H3,(H,21,27)/t16-,19?/m0/s1. The summed E-state index contributed by atoms with van der Waals surface area (Å²) >= 11 is 0. The van der Waals surface area contributed by atoms with Crippen LogP contribution in [0.15, 0.2) is 49.1 Å². The maximum absolute atomic E-state index is 14.8. The highest BCUT2D eigenvalue weighted by Crippen LogP contribution is 2.26. The van der Waals surface area contributed by atoms with Crippen LogP contribution in [-0.2, 0) is 16.1 Å². The van der Waals surface area contributed by atoms with E-state index in [1.165, 1.54) is 22.6 Å². The van der Waals surface area contributed by atoms with Crippen molar-refractivity contribution in [2.24, 2.45) is 0 Å². The van der Waals surface area contributed by atoms with E-state index < -0.39 is 12.2 Å². The molecule has 2 atom stereocenters. The highest BCUT2D eigenvalue weighted by atomic mass is 19.1. The van der Waals surface area contributed by atoms with Crippen LogP contribution in [0.3, 0.4) is 0 Å². The summed E-state index contributed by atoms with van der Waals surface area (Å²) in [4.78, 5) is 12.6. The van der Waals surface area contributed by atoms with Gasteiger partial charge in [0.1, 0.15) is 5.69 Å². The first-order chi connectivity index (χ1) is 14.0. The number of aliphatic hydroxyl groups is 1. The molecule has 0 aliphatic carbocycles. The van der Waals surface area contributed by atoms with Crippen molar-refractivity contribution in [1.29, 1.82) is 0 Å². The van der Waals surface area contributed by atoms with Crippen molar-refractivity contribution in [1.82, 2.24) is 24.9 Å². The molecule has 9 nitrogen and oxygen atoms in total. The second-order valence-electron chi connectivity index (χ2n) is 6.81. The minimum atomic E-state index is -1.20. The van der Waals surface area contributed by atoms with Gasteiger partial charge in [0.2, 0.25) is 12.3 Å². The Morgan fingerprint density at radius 2 is 2.28 bits per heavy atom. The number of aliphatic hydroxyl groups excluding tert-OH is 1. The molecule has 1 aliphatic rings. The van der Waals surface area contributed by atoms with Crippen molar-refractivity contribution in [3.8, 4) is 5.69 Å². The first-order valence-corrected chi connectivity index (χ1v) is 9.15. The lowest BCUT2D eigenvalue weighted by Gasteiger charge is -2.21.